The van der Waals surface area contributed by atoms with Crippen LogP contribution < -0.4 is 0 Å². The monoisotopic (exact) mass is 388 g/mol. The second-order valence-electron chi connectivity index (χ2n) is 6.04. The van der Waals surface area contributed by atoms with Crippen molar-refractivity contribution in [2.45, 2.75) is 31.8 Å². The van der Waals surface area contributed by atoms with Gasteiger partial charge in [0.2, 0.25) is 0 Å². The normalized spacial score (nSPS) is 14.4. The number of rotatable bonds is 4. The second kappa shape index (κ2) is 7.72. The number of nitrogens with zero attached hydrogens (tertiary/aromatic N) is 1. The van der Waals surface area contributed by atoms with Gasteiger partial charge in [-0.2, -0.15) is 0 Å². The van der Waals surface area contributed by atoms with Gasteiger partial charge in [-0.3, -0.25) is 4.79 Å². The molecule has 0 saturated carbocycles. The summed E-state index contributed by atoms with van der Waals surface area (Å²) in [5.74, 6) is 0.378. The number of esters is 1. The van der Waals surface area contributed by atoms with E-state index < -0.39 is 5.97 Å². The average molecular weight is 389 g/mol. The van der Waals surface area contributed by atoms with Crippen LogP contribution in [0.2, 0.25) is 0 Å². The number of methoxy groups -OCH3 is 1. The summed E-state index contributed by atoms with van der Waals surface area (Å²) in [7, 11) is 1.34. The third-order valence-electron chi connectivity index (χ3n) is 4.27. The number of aryl methyl sites for hydroxylation is 1. The zero-order chi connectivity index (χ0) is 18.8. The first kappa shape index (κ1) is 18.8. The Morgan fingerprint density at radius 1 is 1.31 bits per heavy atom. The molecule has 0 fully saturated rings. The van der Waals surface area contributed by atoms with Gasteiger partial charge in [-0.25, -0.2) is 9.79 Å². The first-order chi connectivity index (χ1) is 12.4. The van der Waals surface area contributed by atoms with Crippen LogP contribution in [0.4, 0.5) is 5.69 Å². The van der Waals surface area contributed by atoms with E-state index in [1.807, 2.05) is 25.1 Å². The van der Waals surface area contributed by atoms with Crippen molar-refractivity contribution in [3.05, 3.63) is 52.3 Å². The fourth-order valence-corrected chi connectivity index (χ4v) is 5.13. The number of hydrogen-bond acceptors (Lipinski definition) is 6. The lowest BCUT2D eigenvalue weighted by Crippen LogP contribution is -2.17. The Balaban J connectivity index is 1.79. The number of ether oxygens (including phenoxy) is 1. The predicted octanol–water partition coefficient (Wildman–Crippen LogP) is 4.66. The summed E-state index contributed by atoms with van der Waals surface area (Å²) in [6, 6.07) is 8.04. The Morgan fingerprint density at radius 2 is 2.04 bits per heavy atom. The van der Waals surface area contributed by atoms with Gasteiger partial charge in [0.15, 0.2) is 5.78 Å². The minimum atomic E-state index is -0.431. The molecule has 0 saturated heterocycles. The molecule has 26 heavy (non-hydrogen) atoms. The lowest BCUT2D eigenvalue weighted by atomic mass is 10.1. The third-order valence-corrected chi connectivity index (χ3v) is 6.57. The maximum Gasteiger partial charge on any atom is 0.339 e. The quantitative estimate of drug-likeness (QED) is 0.609. The number of ketones is 1. The van der Waals surface area contributed by atoms with Crippen LogP contribution in [0.3, 0.4) is 0 Å². The highest BCUT2D eigenvalue weighted by atomic mass is 32.2. The molecule has 0 amide bonds. The molecule has 1 atom stereocenters. The van der Waals surface area contributed by atoms with Gasteiger partial charge in [0.1, 0.15) is 4.38 Å². The molecule has 7 heteroatoms. The van der Waals surface area contributed by atoms with E-state index in [2.05, 4.69) is 16.0 Å². The van der Waals surface area contributed by atoms with Crippen LogP contribution >= 0.6 is 23.5 Å². The summed E-state index contributed by atoms with van der Waals surface area (Å²) < 4.78 is 5.70. The van der Waals surface area contributed by atoms with E-state index in [4.69, 9.17) is 4.74 Å². The van der Waals surface area contributed by atoms with Crippen molar-refractivity contribution in [3.63, 3.8) is 0 Å². The van der Waals surface area contributed by atoms with Crippen molar-refractivity contribution in [3.8, 4) is 0 Å². The molecule has 0 spiro atoms. The van der Waals surface area contributed by atoms with E-state index >= 15 is 0 Å². The number of aliphatic imine (C=N–C) groups is 1. The highest BCUT2D eigenvalue weighted by molar-refractivity contribution is 8.39. The maximum absolute atomic E-state index is 12.9. The van der Waals surface area contributed by atoms with Gasteiger partial charge < -0.3 is 9.72 Å². The number of carbonyl (C=O) groups is 2. The lowest BCUT2D eigenvalue weighted by molar-refractivity contribution is 0.0599. The molecule has 1 N–H and O–H groups in total. The molecule has 1 aliphatic heterocycles. The topological polar surface area (TPSA) is 71.5 Å². The van der Waals surface area contributed by atoms with Crippen LogP contribution in [0.5, 0.6) is 0 Å². The van der Waals surface area contributed by atoms with Crippen LogP contribution in [0.25, 0.3) is 0 Å². The van der Waals surface area contributed by atoms with Gasteiger partial charge >= 0.3 is 5.97 Å². The van der Waals surface area contributed by atoms with Gasteiger partial charge in [-0.05, 0) is 38.0 Å². The number of para-hydroxylation sites is 1. The van der Waals surface area contributed by atoms with Crippen LogP contribution in [-0.2, 0) is 10.5 Å². The summed E-state index contributed by atoms with van der Waals surface area (Å²) in [5.41, 5.74) is 4.35. The van der Waals surface area contributed by atoms with Crippen molar-refractivity contribution >= 4 is 45.3 Å². The number of hydrogen-bond donors (Lipinski definition) is 1. The highest BCUT2D eigenvalue weighted by Crippen LogP contribution is 2.36. The van der Waals surface area contributed by atoms with E-state index in [0.29, 0.717) is 22.5 Å². The van der Waals surface area contributed by atoms with E-state index in [9.17, 15) is 9.59 Å². The fraction of sp³-hybridized carbons (Fsp3) is 0.316. The number of Topliss-reactive ketones (excluding diaryl/α,β-unsaturated/α-hetero) is 1. The number of fused-ring (bicyclic) bond motifs is 1. The molecule has 1 aromatic heterocycles. The summed E-state index contributed by atoms with van der Waals surface area (Å²) in [4.78, 5) is 32.5. The third kappa shape index (κ3) is 3.59. The van der Waals surface area contributed by atoms with E-state index in [-0.39, 0.29) is 11.0 Å². The number of H-pyrrole nitrogens is 1. The molecule has 136 valence electrons. The van der Waals surface area contributed by atoms with Crippen molar-refractivity contribution in [1.82, 2.24) is 4.98 Å². The molecule has 2 heterocycles. The Hall–Kier alpha value is -1.99. The smallest absolute Gasteiger partial charge is 0.339 e. The number of thioether (sulfide) groups is 2. The summed E-state index contributed by atoms with van der Waals surface area (Å²) in [5, 5.41) is -0.311. The molecule has 1 aromatic carbocycles. The van der Waals surface area contributed by atoms with Crippen molar-refractivity contribution in [1.29, 1.82) is 0 Å². The highest BCUT2D eigenvalue weighted by Gasteiger charge is 2.27. The Labute approximate surface area is 161 Å². The van der Waals surface area contributed by atoms with Gasteiger partial charge in [0, 0.05) is 11.4 Å². The van der Waals surface area contributed by atoms with Gasteiger partial charge in [0.05, 0.1) is 29.3 Å². The van der Waals surface area contributed by atoms with Crippen LogP contribution in [0.15, 0.2) is 29.3 Å². The largest absolute Gasteiger partial charge is 0.465 e. The molecule has 1 aliphatic rings. The Kier molecular flexibility index (Phi) is 5.58. The van der Waals surface area contributed by atoms with Crippen LogP contribution in [0, 0.1) is 13.8 Å². The number of aromatic nitrogens is 1. The SMILES string of the molecule is COC(=O)c1c(C)[nH]c(C(=O)[C@@H](C)SC2=Nc3ccccc3CS2)c1C. The first-order valence-corrected chi connectivity index (χ1v) is 10.1. The average Bonchev–Trinajstić information content (AvgIpc) is 2.94. The van der Waals surface area contributed by atoms with Crippen LogP contribution in [-0.4, -0.2) is 33.5 Å². The number of aromatic amines is 1. The molecule has 0 aliphatic carbocycles. The molecule has 3 rings (SSSR count). The van der Waals surface area contributed by atoms with Crippen molar-refractivity contribution in [2.24, 2.45) is 4.99 Å². The second-order valence-corrected chi connectivity index (χ2v) is 8.59. The summed E-state index contributed by atoms with van der Waals surface area (Å²) in [6.07, 6.45) is 0. The minimum absolute atomic E-state index is 0.0482. The van der Waals surface area contributed by atoms with Gasteiger partial charge in [-0.1, -0.05) is 41.7 Å². The molecule has 2 aromatic rings. The van der Waals surface area contributed by atoms with E-state index in [0.717, 1.165) is 15.8 Å². The molecular formula is C19H20N2O3S2. The predicted molar refractivity (Wildman–Crippen MR) is 108 cm³/mol. The van der Waals surface area contributed by atoms with E-state index in [1.54, 1.807) is 25.6 Å². The standard InChI is InChI=1S/C19H20N2O3S2/c1-10-15(18(23)24-4)11(2)20-16(10)17(22)12(3)26-19-21-14-8-6-5-7-13(14)9-25-19/h5-8,12,20H,9H2,1-4H3/t12-/m1/s1. The summed E-state index contributed by atoms with van der Waals surface area (Å²) in [6.45, 7) is 5.40. The minimum Gasteiger partial charge on any atom is -0.465 e. The first-order valence-electron chi connectivity index (χ1n) is 8.20. The number of carbonyl (C=O) groups excluding carboxylic acids is 2. The van der Waals surface area contributed by atoms with Crippen molar-refractivity contribution < 1.29 is 14.3 Å². The molecular weight excluding hydrogens is 368 g/mol. The lowest BCUT2D eigenvalue weighted by Gasteiger charge is -2.16. The zero-order valence-corrected chi connectivity index (χ0v) is 16.7. The molecule has 5 nitrogen and oxygen atoms in total. The van der Waals surface area contributed by atoms with Gasteiger partial charge in [-0.15, -0.1) is 0 Å². The summed E-state index contributed by atoms with van der Waals surface area (Å²) >= 11 is 3.10. The maximum atomic E-state index is 12.9. The Morgan fingerprint density at radius 3 is 2.77 bits per heavy atom. The van der Waals surface area contributed by atoms with E-state index in [1.165, 1.54) is 24.4 Å². The van der Waals surface area contributed by atoms with Crippen LogP contribution in [0.1, 0.15) is 44.6 Å². The number of benzene rings is 1. The molecule has 0 radical (unpaired) electrons. The molecule has 0 unspecified atom stereocenters. The van der Waals surface area contributed by atoms with Gasteiger partial charge in [0.25, 0.3) is 0 Å². The zero-order valence-electron chi connectivity index (χ0n) is 15.1. The fourth-order valence-electron chi connectivity index (χ4n) is 2.89. The van der Waals surface area contributed by atoms with Crippen molar-refractivity contribution in [2.75, 3.05) is 7.11 Å². The molecule has 0 bridgehead atoms. The number of nitrogens with one attached hydrogen (secondary N) is 1. The Bertz CT molecular complexity index is 902.